The minimum atomic E-state index is -4.89. The van der Waals surface area contributed by atoms with E-state index in [-0.39, 0.29) is 19.0 Å². The monoisotopic (exact) mass is 356 g/mol. The highest BCUT2D eigenvalue weighted by molar-refractivity contribution is 7.17. The van der Waals surface area contributed by atoms with Crippen LogP contribution in [0.25, 0.3) is 21.7 Å². The van der Waals surface area contributed by atoms with Crippen LogP contribution < -0.4 is 10.6 Å². The molecule has 0 saturated heterocycles. The number of fused-ring (bicyclic) bond motifs is 1. The van der Waals surface area contributed by atoms with Gasteiger partial charge in [0.2, 0.25) is 5.95 Å². The molecule has 0 atom stereocenters. The molecule has 3 aromatic heterocycles. The van der Waals surface area contributed by atoms with E-state index in [1.54, 1.807) is 17.4 Å². The minimum Gasteiger partial charge on any atom is -0.463 e. The van der Waals surface area contributed by atoms with Crippen molar-refractivity contribution in [3.8, 4) is 11.5 Å². The SMILES string of the molecule is O=C(NCCNc1nc(-c2ccco2)c2sccc2n1)C(F)(F)F. The van der Waals surface area contributed by atoms with Crippen molar-refractivity contribution in [2.45, 2.75) is 6.18 Å². The lowest BCUT2D eigenvalue weighted by Gasteiger charge is -2.09. The van der Waals surface area contributed by atoms with E-state index in [0.717, 1.165) is 4.70 Å². The molecule has 3 rings (SSSR count). The summed E-state index contributed by atoms with van der Waals surface area (Å²) >= 11 is 1.46. The zero-order chi connectivity index (χ0) is 17.2. The van der Waals surface area contributed by atoms with Crippen LogP contribution in [0, 0.1) is 0 Å². The Kier molecular flexibility index (Phi) is 4.38. The molecule has 0 saturated carbocycles. The highest BCUT2D eigenvalue weighted by Gasteiger charge is 2.38. The number of amides is 1. The second-order valence-electron chi connectivity index (χ2n) is 4.69. The van der Waals surface area contributed by atoms with Crippen molar-refractivity contribution in [2.24, 2.45) is 0 Å². The number of carbonyl (C=O) groups is 1. The third-order valence-electron chi connectivity index (χ3n) is 3.01. The van der Waals surface area contributed by atoms with Crippen molar-refractivity contribution in [1.82, 2.24) is 15.3 Å². The van der Waals surface area contributed by atoms with Crippen molar-refractivity contribution < 1.29 is 22.4 Å². The van der Waals surface area contributed by atoms with Crippen LogP contribution in [-0.4, -0.2) is 35.1 Å². The first-order valence-corrected chi connectivity index (χ1v) is 7.71. The van der Waals surface area contributed by atoms with Gasteiger partial charge in [-0.15, -0.1) is 11.3 Å². The maximum absolute atomic E-state index is 12.1. The Morgan fingerprint density at radius 3 is 2.79 bits per heavy atom. The van der Waals surface area contributed by atoms with Crippen LogP contribution in [0.15, 0.2) is 34.3 Å². The number of rotatable bonds is 5. The van der Waals surface area contributed by atoms with E-state index in [1.807, 2.05) is 11.4 Å². The summed E-state index contributed by atoms with van der Waals surface area (Å²) in [5.41, 5.74) is 1.30. The van der Waals surface area contributed by atoms with Gasteiger partial charge in [-0.25, -0.2) is 9.97 Å². The quantitative estimate of drug-likeness (QED) is 0.687. The number of nitrogens with one attached hydrogen (secondary N) is 2. The molecule has 0 unspecified atom stereocenters. The number of halogens is 3. The lowest BCUT2D eigenvalue weighted by Crippen LogP contribution is -2.39. The van der Waals surface area contributed by atoms with Gasteiger partial charge in [-0.3, -0.25) is 4.79 Å². The summed E-state index contributed by atoms with van der Waals surface area (Å²) in [7, 11) is 0. The molecule has 126 valence electrons. The van der Waals surface area contributed by atoms with Crippen molar-refractivity contribution >= 4 is 33.4 Å². The van der Waals surface area contributed by atoms with Gasteiger partial charge in [-0.05, 0) is 23.6 Å². The van der Waals surface area contributed by atoms with Gasteiger partial charge in [0.15, 0.2) is 5.76 Å². The first-order chi connectivity index (χ1) is 11.4. The lowest BCUT2D eigenvalue weighted by molar-refractivity contribution is -0.173. The molecular formula is C14H11F3N4O2S. The van der Waals surface area contributed by atoms with Crippen molar-refractivity contribution in [1.29, 1.82) is 0 Å². The molecule has 0 spiro atoms. The summed E-state index contributed by atoms with van der Waals surface area (Å²) in [4.78, 5) is 19.3. The van der Waals surface area contributed by atoms with E-state index in [0.29, 0.717) is 17.0 Å². The highest BCUT2D eigenvalue weighted by atomic mass is 32.1. The highest BCUT2D eigenvalue weighted by Crippen LogP contribution is 2.31. The first kappa shape index (κ1) is 16.2. The number of hydrogen-bond acceptors (Lipinski definition) is 6. The van der Waals surface area contributed by atoms with Crippen LogP contribution >= 0.6 is 11.3 Å². The molecule has 0 aliphatic carbocycles. The Labute approximate surface area is 137 Å². The molecule has 0 aliphatic heterocycles. The largest absolute Gasteiger partial charge is 0.471 e. The van der Waals surface area contributed by atoms with E-state index in [9.17, 15) is 18.0 Å². The topological polar surface area (TPSA) is 80.0 Å². The Morgan fingerprint density at radius 2 is 2.08 bits per heavy atom. The van der Waals surface area contributed by atoms with Gasteiger partial charge in [0.25, 0.3) is 0 Å². The molecule has 0 aromatic carbocycles. The summed E-state index contributed by atoms with van der Waals surface area (Å²) in [6.07, 6.45) is -3.37. The third-order valence-corrected chi connectivity index (χ3v) is 3.92. The van der Waals surface area contributed by atoms with Gasteiger partial charge in [-0.1, -0.05) is 0 Å². The number of aromatic nitrogens is 2. The minimum absolute atomic E-state index is 0.0507. The number of carbonyl (C=O) groups excluding carboxylic acids is 1. The standard InChI is InChI=1S/C14H11F3N4O2S/c15-14(16,17)12(22)18-4-5-19-13-20-8-3-7-24-11(8)10(21-13)9-2-1-6-23-9/h1-3,6-7H,4-5H2,(H,18,22)(H,19,20,21). The van der Waals surface area contributed by atoms with E-state index < -0.39 is 12.1 Å². The molecule has 0 aliphatic rings. The van der Waals surface area contributed by atoms with Gasteiger partial charge < -0.3 is 15.1 Å². The lowest BCUT2D eigenvalue weighted by atomic mass is 10.3. The Bertz CT molecular complexity index is 845. The van der Waals surface area contributed by atoms with Crippen LogP contribution in [0.1, 0.15) is 0 Å². The normalized spacial score (nSPS) is 11.6. The predicted octanol–water partition coefficient (Wildman–Crippen LogP) is 3.04. The Morgan fingerprint density at radius 1 is 1.25 bits per heavy atom. The van der Waals surface area contributed by atoms with Gasteiger partial charge in [-0.2, -0.15) is 13.2 Å². The maximum atomic E-state index is 12.1. The fourth-order valence-electron chi connectivity index (χ4n) is 1.97. The van der Waals surface area contributed by atoms with Crippen LogP contribution in [0.4, 0.5) is 19.1 Å². The predicted molar refractivity (Wildman–Crippen MR) is 82.7 cm³/mol. The first-order valence-electron chi connectivity index (χ1n) is 6.83. The summed E-state index contributed by atoms with van der Waals surface area (Å²) in [5.74, 6) is -1.17. The molecule has 10 heteroatoms. The number of alkyl halides is 3. The van der Waals surface area contributed by atoms with E-state index in [4.69, 9.17) is 4.42 Å². The molecule has 3 heterocycles. The van der Waals surface area contributed by atoms with Crippen molar-refractivity contribution in [3.63, 3.8) is 0 Å². The van der Waals surface area contributed by atoms with Crippen molar-refractivity contribution in [3.05, 3.63) is 29.8 Å². The summed E-state index contributed by atoms with van der Waals surface area (Å²) < 4.78 is 42.4. The van der Waals surface area contributed by atoms with Gasteiger partial charge in [0, 0.05) is 13.1 Å². The Hall–Kier alpha value is -2.62. The molecule has 1 amide bonds. The summed E-state index contributed by atoms with van der Waals surface area (Å²) in [5, 5.41) is 6.42. The molecule has 3 aromatic rings. The van der Waals surface area contributed by atoms with Crippen molar-refractivity contribution in [2.75, 3.05) is 18.4 Å². The second-order valence-corrected chi connectivity index (χ2v) is 5.60. The van der Waals surface area contributed by atoms with Gasteiger partial charge in [0.05, 0.1) is 16.5 Å². The molecule has 0 bridgehead atoms. The van der Waals surface area contributed by atoms with E-state index in [2.05, 4.69) is 15.3 Å². The smallest absolute Gasteiger partial charge is 0.463 e. The van der Waals surface area contributed by atoms with E-state index in [1.165, 1.54) is 17.6 Å². The number of thiophene rings is 1. The number of anilines is 1. The second kappa shape index (κ2) is 6.48. The average Bonchev–Trinajstić information content (AvgIpc) is 3.20. The fourth-order valence-corrected chi connectivity index (χ4v) is 2.80. The zero-order valence-electron chi connectivity index (χ0n) is 12.1. The molecule has 6 nitrogen and oxygen atoms in total. The fraction of sp³-hybridized carbons (Fsp3) is 0.214. The molecule has 0 radical (unpaired) electrons. The zero-order valence-corrected chi connectivity index (χ0v) is 12.9. The van der Waals surface area contributed by atoms with Crippen LogP contribution in [0.2, 0.25) is 0 Å². The summed E-state index contributed by atoms with van der Waals surface area (Å²) in [6, 6.07) is 5.30. The van der Waals surface area contributed by atoms with Crippen LogP contribution in [-0.2, 0) is 4.79 Å². The Balaban J connectivity index is 1.71. The van der Waals surface area contributed by atoms with Crippen LogP contribution in [0.3, 0.4) is 0 Å². The molecule has 2 N–H and O–H groups in total. The van der Waals surface area contributed by atoms with Gasteiger partial charge >= 0.3 is 12.1 Å². The number of nitrogens with zero attached hydrogens (tertiary/aromatic N) is 2. The molecule has 24 heavy (non-hydrogen) atoms. The average molecular weight is 356 g/mol. The molecular weight excluding hydrogens is 345 g/mol. The van der Waals surface area contributed by atoms with Gasteiger partial charge in [0.1, 0.15) is 5.69 Å². The summed E-state index contributed by atoms with van der Waals surface area (Å²) in [6.45, 7) is -0.158. The third kappa shape index (κ3) is 3.48. The van der Waals surface area contributed by atoms with E-state index >= 15 is 0 Å². The number of furan rings is 1. The molecule has 0 fully saturated rings. The van der Waals surface area contributed by atoms with Crippen LogP contribution in [0.5, 0.6) is 0 Å². The maximum Gasteiger partial charge on any atom is 0.471 e. The number of hydrogen-bond donors (Lipinski definition) is 2.